The number of hydrogen-bond acceptors (Lipinski definition) is 2. The first kappa shape index (κ1) is 14.2. The second kappa shape index (κ2) is 5.62. The Labute approximate surface area is 101 Å². The molecular formula is C11H21F2N3O. The van der Waals surface area contributed by atoms with Crippen molar-refractivity contribution in [1.29, 1.82) is 0 Å². The number of likely N-dealkylation sites (tertiary alicyclic amines) is 1. The molecule has 0 radical (unpaired) electrons. The smallest absolute Gasteiger partial charge is 0.320 e. The van der Waals surface area contributed by atoms with E-state index >= 15 is 0 Å². The molecule has 0 N–H and O–H groups in total. The highest BCUT2D eigenvalue weighted by Gasteiger charge is 2.47. The van der Waals surface area contributed by atoms with Crippen molar-refractivity contribution in [2.24, 2.45) is 0 Å². The molecule has 2 saturated heterocycles. The molecule has 2 heterocycles. The largest absolute Gasteiger partial charge is 0.322 e. The van der Waals surface area contributed by atoms with Crippen molar-refractivity contribution in [3.8, 4) is 0 Å². The molecule has 0 aromatic rings. The molecule has 0 saturated carbocycles. The van der Waals surface area contributed by atoms with Gasteiger partial charge in [-0.3, -0.25) is 0 Å². The number of halogens is 2. The van der Waals surface area contributed by atoms with Gasteiger partial charge in [0, 0.05) is 26.2 Å². The Hall–Kier alpha value is -0.910. The number of carbonyl (C=O) groups excluding carboxylic acids is 1. The number of amides is 2. The van der Waals surface area contributed by atoms with E-state index in [1.54, 1.807) is 4.90 Å². The van der Waals surface area contributed by atoms with Gasteiger partial charge in [0.05, 0.1) is 13.1 Å². The van der Waals surface area contributed by atoms with Crippen LogP contribution in [0.4, 0.5) is 13.6 Å². The van der Waals surface area contributed by atoms with E-state index in [-0.39, 0.29) is 6.03 Å². The normalized spacial score (nSPS) is 23.6. The molecule has 0 aliphatic carbocycles. The van der Waals surface area contributed by atoms with Crippen molar-refractivity contribution >= 4 is 6.03 Å². The molecular weight excluding hydrogens is 228 g/mol. The van der Waals surface area contributed by atoms with Crippen LogP contribution in [0, 0.1) is 0 Å². The van der Waals surface area contributed by atoms with E-state index in [1.165, 1.54) is 4.90 Å². The molecule has 0 aromatic heterocycles. The first-order valence-electron chi connectivity index (χ1n) is 6.08. The molecule has 100 valence electrons. The highest BCUT2D eigenvalue weighted by atomic mass is 19.3. The van der Waals surface area contributed by atoms with Crippen LogP contribution in [0.1, 0.15) is 13.8 Å². The highest BCUT2D eigenvalue weighted by Crippen LogP contribution is 2.27. The number of nitrogens with zero attached hydrogens (tertiary/aromatic N) is 3. The van der Waals surface area contributed by atoms with Crippen LogP contribution in [0.5, 0.6) is 0 Å². The first-order chi connectivity index (χ1) is 7.98. The van der Waals surface area contributed by atoms with Gasteiger partial charge in [0.25, 0.3) is 5.92 Å². The highest BCUT2D eigenvalue weighted by molar-refractivity contribution is 5.75. The van der Waals surface area contributed by atoms with Crippen molar-refractivity contribution < 1.29 is 13.6 Å². The lowest BCUT2D eigenvalue weighted by molar-refractivity contribution is -0.114. The van der Waals surface area contributed by atoms with Gasteiger partial charge in [-0.15, -0.1) is 0 Å². The fourth-order valence-electron chi connectivity index (χ4n) is 1.85. The summed E-state index contributed by atoms with van der Waals surface area (Å²) in [6.45, 7) is 6.07. The van der Waals surface area contributed by atoms with Crippen molar-refractivity contribution in [3.63, 3.8) is 0 Å². The van der Waals surface area contributed by atoms with Gasteiger partial charge in [-0.2, -0.15) is 0 Å². The number of alkyl halides is 2. The SMILES string of the molecule is CC.CN1CCN(C(=O)N2CC(F)(F)C2)CC1. The average molecular weight is 249 g/mol. The second-order valence-corrected chi connectivity index (χ2v) is 4.28. The molecule has 4 nitrogen and oxygen atoms in total. The van der Waals surface area contributed by atoms with E-state index in [9.17, 15) is 13.6 Å². The molecule has 6 heteroatoms. The molecule has 0 bridgehead atoms. The van der Waals surface area contributed by atoms with Crippen LogP contribution < -0.4 is 0 Å². The number of carbonyl (C=O) groups is 1. The van der Waals surface area contributed by atoms with Crippen molar-refractivity contribution in [2.75, 3.05) is 46.3 Å². The minimum absolute atomic E-state index is 0.242. The molecule has 0 spiro atoms. The summed E-state index contributed by atoms with van der Waals surface area (Å²) in [6.07, 6.45) is 0. The van der Waals surface area contributed by atoms with Gasteiger partial charge >= 0.3 is 6.03 Å². The third-order valence-corrected chi connectivity index (χ3v) is 2.89. The third kappa shape index (κ3) is 3.52. The Bertz CT molecular complexity index is 257. The van der Waals surface area contributed by atoms with Gasteiger partial charge in [0.1, 0.15) is 0 Å². The molecule has 0 atom stereocenters. The standard InChI is InChI=1S/C9H15F2N3O.C2H6/c1-12-2-4-13(5-3-12)8(15)14-6-9(10,11)7-14;1-2/h2-7H2,1H3;1-2H3. The van der Waals surface area contributed by atoms with E-state index in [4.69, 9.17) is 0 Å². The van der Waals surface area contributed by atoms with E-state index in [0.29, 0.717) is 13.1 Å². The summed E-state index contributed by atoms with van der Waals surface area (Å²) in [4.78, 5) is 16.7. The Balaban J connectivity index is 0.000000686. The maximum absolute atomic E-state index is 12.6. The van der Waals surface area contributed by atoms with Gasteiger partial charge in [-0.25, -0.2) is 13.6 Å². The summed E-state index contributed by atoms with van der Waals surface area (Å²) in [6, 6.07) is -0.242. The number of urea groups is 1. The fourth-order valence-corrected chi connectivity index (χ4v) is 1.85. The average Bonchev–Trinajstić information content (AvgIpc) is 2.28. The Morgan fingerprint density at radius 2 is 1.47 bits per heavy atom. The third-order valence-electron chi connectivity index (χ3n) is 2.89. The molecule has 2 amide bonds. The molecule has 2 aliphatic heterocycles. The lowest BCUT2D eigenvalue weighted by Gasteiger charge is -2.43. The summed E-state index contributed by atoms with van der Waals surface area (Å²) in [5, 5.41) is 0. The Morgan fingerprint density at radius 3 is 1.88 bits per heavy atom. The van der Waals surface area contributed by atoms with Crippen molar-refractivity contribution in [1.82, 2.24) is 14.7 Å². The van der Waals surface area contributed by atoms with Gasteiger partial charge < -0.3 is 14.7 Å². The Kier molecular flexibility index (Phi) is 4.68. The van der Waals surface area contributed by atoms with Crippen LogP contribution in [0.3, 0.4) is 0 Å². The maximum atomic E-state index is 12.6. The zero-order chi connectivity index (χ0) is 13.1. The fraction of sp³-hybridized carbons (Fsp3) is 0.909. The number of rotatable bonds is 0. The minimum Gasteiger partial charge on any atom is -0.322 e. The first-order valence-corrected chi connectivity index (χ1v) is 6.08. The molecule has 0 unspecified atom stereocenters. The van der Waals surface area contributed by atoms with Crippen molar-refractivity contribution in [2.45, 2.75) is 19.8 Å². The molecule has 2 fully saturated rings. The van der Waals surface area contributed by atoms with Gasteiger partial charge in [0.2, 0.25) is 0 Å². The summed E-state index contributed by atoms with van der Waals surface area (Å²) in [7, 11) is 1.99. The second-order valence-electron chi connectivity index (χ2n) is 4.28. The summed E-state index contributed by atoms with van der Waals surface area (Å²) in [5.41, 5.74) is 0. The number of piperazine rings is 1. The molecule has 17 heavy (non-hydrogen) atoms. The predicted octanol–water partition coefficient (Wildman–Crippen LogP) is 1.33. The lowest BCUT2D eigenvalue weighted by Crippen LogP contribution is -2.63. The van der Waals surface area contributed by atoms with E-state index in [2.05, 4.69) is 4.90 Å². The maximum Gasteiger partial charge on any atom is 0.320 e. The minimum atomic E-state index is -2.66. The van der Waals surface area contributed by atoms with Gasteiger partial charge in [-0.1, -0.05) is 13.8 Å². The summed E-state index contributed by atoms with van der Waals surface area (Å²) < 4.78 is 25.1. The van der Waals surface area contributed by atoms with Crippen LogP contribution in [-0.2, 0) is 0 Å². The zero-order valence-electron chi connectivity index (χ0n) is 10.7. The van der Waals surface area contributed by atoms with Gasteiger partial charge in [-0.05, 0) is 7.05 Å². The number of likely N-dealkylation sites (N-methyl/N-ethyl adjacent to an activating group) is 1. The van der Waals surface area contributed by atoms with Crippen molar-refractivity contribution in [3.05, 3.63) is 0 Å². The monoisotopic (exact) mass is 249 g/mol. The Morgan fingerprint density at radius 1 is 1.00 bits per heavy atom. The van der Waals surface area contributed by atoms with E-state index in [0.717, 1.165) is 13.1 Å². The number of hydrogen-bond donors (Lipinski definition) is 0. The van der Waals surface area contributed by atoms with E-state index < -0.39 is 19.0 Å². The predicted molar refractivity (Wildman–Crippen MR) is 62.3 cm³/mol. The molecule has 2 aliphatic rings. The molecule has 0 aromatic carbocycles. The zero-order valence-corrected chi connectivity index (χ0v) is 10.7. The van der Waals surface area contributed by atoms with Crippen LogP contribution >= 0.6 is 0 Å². The van der Waals surface area contributed by atoms with Gasteiger partial charge in [0.15, 0.2) is 0 Å². The summed E-state index contributed by atoms with van der Waals surface area (Å²) >= 11 is 0. The topological polar surface area (TPSA) is 26.8 Å². The summed E-state index contributed by atoms with van der Waals surface area (Å²) in [5.74, 6) is -2.66. The van der Waals surface area contributed by atoms with Crippen LogP contribution in [0.2, 0.25) is 0 Å². The van der Waals surface area contributed by atoms with Crippen LogP contribution in [-0.4, -0.2) is 73.0 Å². The molecule has 2 rings (SSSR count). The quantitative estimate of drug-likeness (QED) is 0.647. The van der Waals surface area contributed by atoms with E-state index in [1.807, 2.05) is 20.9 Å². The lowest BCUT2D eigenvalue weighted by atomic mass is 10.1. The van der Waals surface area contributed by atoms with Crippen LogP contribution in [0.25, 0.3) is 0 Å². The van der Waals surface area contributed by atoms with Crippen LogP contribution in [0.15, 0.2) is 0 Å².